The largest absolute Gasteiger partial charge is 0.493 e. The number of ether oxygens (including phenoxy) is 2. The van der Waals surface area contributed by atoms with E-state index >= 15 is 0 Å². The molecule has 0 radical (unpaired) electrons. The molecule has 2 unspecified atom stereocenters. The fraction of sp³-hybridized carbons (Fsp3) is 0.565. The molecule has 0 aromatic carbocycles. The third kappa shape index (κ3) is 7.60. The number of aryl methyl sites for hydroxylation is 1. The van der Waals surface area contributed by atoms with E-state index in [0.717, 1.165) is 44.7 Å². The molecule has 1 aromatic heterocycles. The lowest BCUT2D eigenvalue weighted by Gasteiger charge is -2.22. The van der Waals surface area contributed by atoms with Crippen molar-refractivity contribution in [1.82, 2.24) is 9.78 Å². The lowest BCUT2D eigenvalue weighted by atomic mass is 9.97. The topological polar surface area (TPSA) is 89.5 Å². The van der Waals surface area contributed by atoms with Crippen molar-refractivity contribution in [2.24, 2.45) is 16.8 Å². The van der Waals surface area contributed by atoms with Crippen LogP contribution in [0.25, 0.3) is 0 Å². The highest BCUT2D eigenvalue weighted by atomic mass is 16.5. The third-order valence-corrected chi connectivity index (χ3v) is 4.77. The SMILES string of the molecule is C/C=C(\C=C/CC#N)OCC(C)C=NC(=O)c1cc2n(n1)CCC(COCCC)C2. The Morgan fingerprint density at radius 3 is 3.10 bits per heavy atom. The first-order valence-electron chi connectivity index (χ1n) is 10.6. The highest BCUT2D eigenvalue weighted by Gasteiger charge is 2.22. The monoisotopic (exact) mass is 412 g/mol. The molecule has 0 spiro atoms. The summed E-state index contributed by atoms with van der Waals surface area (Å²) in [6, 6.07) is 3.90. The van der Waals surface area contributed by atoms with Crippen LogP contribution in [0.4, 0.5) is 0 Å². The first-order chi connectivity index (χ1) is 14.6. The minimum Gasteiger partial charge on any atom is -0.493 e. The predicted octanol–water partition coefficient (Wildman–Crippen LogP) is 4.11. The number of carbonyl (C=O) groups excluding carboxylic acids is 1. The second-order valence-electron chi connectivity index (χ2n) is 7.51. The van der Waals surface area contributed by atoms with Crippen molar-refractivity contribution in [3.05, 3.63) is 41.4 Å². The second-order valence-corrected chi connectivity index (χ2v) is 7.51. The number of nitrogens with zero attached hydrogens (tertiary/aromatic N) is 4. The molecule has 0 N–H and O–H groups in total. The van der Waals surface area contributed by atoms with Gasteiger partial charge in [0.25, 0.3) is 5.91 Å². The normalized spacial score (nSPS) is 17.8. The van der Waals surface area contributed by atoms with Gasteiger partial charge in [0.15, 0.2) is 5.69 Å². The van der Waals surface area contributed by atoms with Crippen LogP contribution in [0.1, 0.15) is 56.2 Å². The van der Waals surface area contributed by atoms with Gasteiger partial charge in [-0.15, -0.1) is 0 Å². The minimum atomic E-state index is -0.331. The van der Waals surface area contributed by atoms with Gasteiger partial charge in [-0.3, -0.25) is 9.48 Å². The maximum Gasteiger partial charge on any atom is 0.297 e. The molecule has 7 nitrogen and oxygen atoms in total. The fourth-order valence-electron chi connectivity index (χ4n) is 3.14. The van der Waals surface area contributed by atoms with Crippen molar-refractivity contribution >= 4 is 12.1 Å². The summed E-state index contributed by atoms with van der Waals surface area (Å²) >= 11 is 0. The van der Waals surface area contributed by atoms with Gasteiger partial charge in [-0.05, 0) is 50.3 Å². The molecule has 2 atom stereocenters. The summed E-state index contributed by atoms with van der Waals surface area (Å²) in [5.74, 6) is 0.803. The van der Waals surface area contributed by atoms with Gasteiger partial charge in [-0.25, -0.2) is 4.99 Å². The van der Waals surface area contributed by atoms with E-state index in [0.29, 0.717) is 30.4 Å². The minimum absolute atomic E-state index is 0.0365. The van der Waals surface area contributed by atoms with Gasteiger partial charge in [0.1, 0.15) is 5.76 Å². The lowest BCUT2D eigenvalue weighted by Crippen LogP contribution is -2.23. The first kappa shape index (κ1) is 23.6. The number of hydrogen-bond donors (Lipinski definition) is 0. The number of carbonyl (C=O) groups is 1. The summed E-state index contributed by atoms with van der Waals surface area (Å²) in [5.41, 5.74) is 1.46. The molecule has 7 heteroatoms. The molecule has 2 rings (SSSR count). The number of nitriles is 1. The van der Waals surface area contributed by atoms with Crippen molar-refractivity contribution in [1.29, 1.82) is 5.26 Å². The van der Waals surface area contributed by atoms with E-state index in [-0.39, 0.29) is 11.8 Å². The highest BCUT2D eigenvalue weighted by molar-refractivity contribution is 5.97. The Kier molecular flexibility index (Phi) is 10.0. The Balaban J connectivity index is 1.85. The van der Waals surface area contributed by atoms with Crippen LogP contribution in [0.15, 0.2) is 35.0 Å². The summed E-state index contributed by atoms with van der Waals surface area (Å²) in [4.78, 5) is 16.5. The average molecular weight is 413 g/mol. The van der Waals surface area contributed by atoms with E-state index in [2.05, 4.69) is 17.0 Å². The molecule has 0 saturated heterocycles. The van der Waals surface area contributed by atoms with Gasteiger partial charge in [-0.2, -0.15) is 10.4 Å². The zero-order chi connectivity index (χ0) is 21.8. The van der Waals surface area contributed by atoms with Crippen molar-refractivity contribution in [3.63, 3.8) is 0 Å². The van der Waals surface area contributed by atoms with Crippen molar-refractivity contribution in [3.8, 4) is 6.07 Å². The van der Waals surface area contributed by atoms with Crippen LogP contribution in [0.2, 0.25) is 0 Å². The van der Waals surface area contributed by atoms with Crippen LogP contribution in [0.5, 0.6) is 0 Å². The molecule has 1 amide bonds. The molecule has 162 valence electrons. The zero-order valence-corrected chi connectivity index (χ0v) is 18.2. The van der Waals surface area contributed by atoms with Gasteiger partial charge in [0.05, 0.1) is 19.1 Å². The van der Waals surface area contributed by atoms with E-state index < -0.39 is 0 Å². The Bertz CT molecular complexity index is 817. The summed E-state index contributed by atoms with van der Waals surface area (Å²) in [7, 11) is 0. The molecule has 0 fully saturated rings. The van der Waals surface area contributed by atoms with Crippen LogP contribution in [0.3, 0.4) is 0 Å². The Labute approximate surface area is 179 Å². The number of fused-ring (bicyclic) bond motifs is 1. The van der Waals surface area contributed by atoms with Crippen LogP contribution < -0.4 is 0 Å². The number of aliphatic imine (C=N–C) groups is 1. The van der Waals surface area contributed by atoms with Crippen LogP contribution in [0, 0.1) is 23.2 Å². The number of hydrogen-bond acceptors (Lipinski definition) is 5. The maximum atomic E-state index is 12.4. The highest BCUT2D eigenvalue weighted by Crippen LogP contribution is 2.21. The first-order valence-corrected chi connectivity index (χ1v) is 10.6. The van der Waals surface area contributed by atoms with E-state index in [9.17, 15) is 4.79 Å². The number of rotatable bonds is 11. The molecule has 1 aliphatic heterocycles. The molecular formula is C23H32N4O3. The molecule has 30 heavy (non-hydrogen) atoms. The van der Waals surface area contributed by atoms with E-state index in [4.69, 9.17) is 14.7 Å². The number of amides is 1. The second kappa shape index (κ2) is 12.8. The molecular weight excluding hydrogens is 380 g/mol. The zero-order valence-electron chi connectivity index (χ0n) is 18.2. The third-order valence-electron chi connectivity index (χ3n) is 4.77. The summed E-state index contributed by atoms with van der Waals surface area (Å²) in [6.07, 6.45) is 10.2. The molecule has 2 heterocycles. The van der Waals surface area contributed by atoms with Crippen molar-refractivity contribution < 1.29 is 14.3 Å². The van der Waals surface area contributed by atoms with Crippen molar-refractivity contribution in [2.45, 2.75) is 53.0 Å². The predicted molar refractivity (Wildman–Crippen MR) is 116 cm³/mol. The number of allylic oxidation sites excluding steroid dienone is 3. The molecule has 0 saturated carbocycles. The van der Waals surface area contributed by atoms with Gasteiger partial charge >= 0.3 is 0 Å². The summed E-state index contributed by atoms with van der Waals surface area (Å²) in [6.45, 7) is 8.67. The Hall–Kier alpha value is -2.72. The van der Waals surface area contributed by atoms with Crippen LogP contribution in [-0.4, -0.2) is 41.7 Å². The van der Waals surface area contributed by atoms with Gasteiger partial charge in [0.2, 0.25) is 0 Å². The summed E-state index contributed by atoms with van der Waals surface area (Å²) < 4.78 is 13.3. The quantitative estimate of drug-likeness (QED) is 0.236. The van der Waals surface area contributed by atoms with Gasteiger partial charge in [-0.1, -0.05) is 19.9 Å². The Morgan fingerprint density at radius 2 is 2.37 bits per heavy atom. The smallest absolute Gasteiger partial charge is 0.297 e. The van der Waals surface area contributed by atoms with Crippen molar-refractivity contribution in [2.75, 3.05) is 19.8 Å². The molecule has 0 bridgehead atoms. The molecule has 1 aliphatic rings. The van der Waals surface area contributed by atoms with Crippen LogP contribution in [-0.2, 0) is 22.4 Å². The lowest BCUT2D eigenvalue weighted by molar-refractivity contribution is 0.0893. The Morgan fingerprint density at radius 1 is 1.53 bits per heavy atom. The molecule has 1 aromatic rings. The molecule has 0 aliphatic carbocycles. The average Bonchev–Trinajstić information content (AvgIpc) is 3.18. The van der Waals surface area contributed by atoms with Gasteiger partial charge in [0, 0.05) is 37.6 Å². The van der Waals surface area contributed by atoms with Gasteiger partial charge < -0.3 is 9.47 Å². The number of aromatic nitrogens is 2. The van der Waals surface area contributed by atoms with E-state index in [1.807, 2.05) is 36.7 Å². The van der Waals surface area contributed by atoms with E-state index in [1.54, 1.807) is 18.4 Å². The van der Waals surface area contributed by atoms with E-state index in [1.165, 1.54) is 0 Å². The maximum absolute atomic E-state index is 12.4. The van der Waals surface area contributed by atoms with Crippen LogP contribution >= 0.6 is 0 Å². The fourth-order valence-corrected chi connectivity index (χ4v) is 3.14. The standard InChI is InChI=1S/C23H32N4O3/c1-4-12-29-17-19-9-11-27-20(13-19)14-22(26-27)23(28)25-15-18(3)16-30-21(5-2)8-6-7-10-24/h5-6,8,14-15,18-19H,4,7,9,11-13,16-17H2,1-3H3/b8-6-,21-5+,25-15?. The summed E-state index contributed by atoms with van der Waals surface area (Å²) in [5, 5.41) is 13.0.